The first kappa shape index (κ1) is 14.3. The van der Waals surface area contributed by atoms with Crippen molar-refractivity contribution in [1.82, 2.24) is 15.0 Å². The molecule has 7 nitrogen and oxygen atoms in total. The summed E-state index contributed by atoms with van der Waals surface area (Å²) < 4.78 is 5.11. The number of amides is 1. The maximum absolute atomic E-state index is 11.3. The number of ether oxygens (including phenoxy) is 1. The van der Waals surface area contributed by atoms with Crippen molar-refractivity contribution in [3.8, 4) is 5.88 Å². The van der Waals surface area contributed by atoms with E-state index in [1.54, 1.807) is 13.2 Å². The number of hydrogen-bond donors (Lipinski definition) is 1. The number of fused-ring (bicyclic) bond motifs is 2. The number of carbonyl (C=O) groups excluding carboxylic acids is 1. The SMILES string of the molecule is COc1ccc2c(NCc3ccc4c(c3)=CC(=O)N=4)ncnc2n1. The molecule has 3 heterocycles. The van der Waals surface area contributed by atoms with Crippen molar-refractivity contribution in [3.05, 3.63) is 52.8 Å². The van der Waals surface area contributed by atoms with E-state index >= 15 is 0 Å². The summed E-state index contributed by atoms with van der Waals surface area (Å²) in [5, 5.41) is 5.66. The Balaban J connectivity index is 1.62. The molecule has 0 saturated carbocycles. The highest BCUT2D eigenvalue weighted by molar-refractivity contribution is 6.06. The first-order chi connectivity index (χ1) is 11.7. The maximum atomic E-state index is 11.3. The predicted molar refractivity (Wildman–Crippen MR) is 87.9 cm³/mol. The Labute approximate surface area is 136 Å². The summed E-state index contributed by atoms with van der Waals surface area (Å²) in [5.41, 5.74) is 1.60. The van der Waals surface area contributed by atoms with E-state index in [4.69, 9.17) is 4.74 Å². The summed E-state index contributed by atoms with van der Waals surface area (Å²) >= 11 is 0. The van der Waals surface area contributed by atoms with Crippen LogP contribution in [0.15, 0.2) is 41.7 Å². The minimum atomic E-state index is -0.211. The molecular formula is C17H13N5O2. The zero-order valence-electron chi connectivity index (χ0n) is 12.9. The molecule has 0 aliphatic carbocycles. The highest BCUT2D eigenvalue weighted by atomic mass is 16.5. The summed E-state index contributed by atoms with van der Waals surface area (Å²) in [4.78, 5) is 28.0. The summed E-state index contributed by atoms with van der Waals surface area (Å²) in [6.45, 7) is 0.563. The lowest BCUT2D eigenvalue weighted by Crippen LogP contribution is -2.22. The molecule has 0 radical (unpaired) electrons. The van der Waals surface area contributed by atoms with Gasteiger partial charge in [0.1, 0.15) is 12.1 Å². The van der Waals surface area contributed by atoms with Gasteiger partial charge in [-0.15, -0.1) is 0 Å². The van der Waals surface area contributed by atoms with Gasteiger partial charge in [-0.2, -0.15) is 4.98 Å². The molecule has 4 rings (SSSR count). The van der Waals surface area contributed by atoms with Gasteiger partial charge < -0.3 is 10.1 Å². The largest absolute Gasteiger partial charge is 0.481 e. The van der Waals surface area contributed by atoms with Crippen LogP contribution in [0.3, 0.4) is 0 Å². The second kappa shape index (κ2) is 5.69. The number of aromatic nitrogens is 3. The standard InChI is InChI=1S/C17H13N5O2/c1-24-15-5-3-12-16(19-9-20-17(12)22-15)18-8-10-2-4-13-11(6-10)7-14(23)21-13/h2-7,9H,8H2,1H3,(H,18,19,20,22). The number of pyridine rings is 1. The Morgan fingerprint density at radius 3 is 2.96 bits per heavy atom. The van der Waals surface area contributed by atoms with Crippen LogP contribution < -0.4 is 20.6 Å². The van der Waals surface area contributed by atoms with Gasteiger partial charge in [-0.05, 0) is 23.8 Å². The molecule has 1 aliphatic heterocycles. The van der Waals surface area contributed by atoms with Gasteiger partial charge in [-0.3, -0.25) is 4.79 Å². The van der Waals surface area contributed by atoms with Crippen molar-refractivity contribution >= 4 is 28.8 Å². The van der Waals surface area contributed by atoms with Crippen LogP contribution in [0.2, 0.25) is 0 Å². The molecular weight excluding hydrogens is 306 g/mol. The number of benzene rings is 1. The van der Waals surface area contributed by atoms with Gasteiger partial charge in [0, 0.05) is 23.9 Å². The first-order valence-electron chi connectivity index (χ1n) is 7.36. The molecule has 0 fully saturated rings. The number of carbonyl (C=O) groups is 1. The van der Waals surface area contributed by atoms with E-state index in [9.17, 15) is 4.79 Å². The van der Waals surface area contributed by atoms with Gasteiger partial charge in [0.15, 0.2) is 5.65 Å². The maximum Gasteiger partial charge on any atom is 0.270 e. The first-order valence-corrected chi connectivity index (χ1v) is 7.36. The molecule has 3 aromatic rings. The average molecular weight is 319 g/mol. The smallest absolute Gasteiger partial charge is 0.270 e. The zero-order chi connectivity index (χ0) is 16.5. The fourth-order valence-electron chi connectivity index (χ4n) is 2.58. The van der Waals surface area contributed by atoms with Gasteiger partial charge in [-0.1, -0.05) is 6.07 Å². The van der Waals surface area contributed by atoms with E-state index in [2.05, 4.69) is 25.3 Å². The highest BCUT2D eigenvalue weighted by Gasteiger charge is 2.07. The Hall–Kier alpha value is -3.35. The zero-order valence-corrected chi connectivity index (χ0v) is 12.9. The van der Waals surface area contributed by atoms with Crippen molar-refractivity contribution in [2.24, 2.45) is 4.99 Å². The summed E-state index contributed by atoms with van der Waals surface area (Å²) in [6.07, 6.45) is 3.00. The van der Waals surface area contributed by atoms with E-state index in [1.165, 1.54) is 12.4 Å². The number of nitrogens with zero attached hydrogens (tertiary/aromatic N) is 4. The summed E-state index contributed by atoms with van der Waals surface area (Å²) in [7, 11) is 1.57. The summed E-state index contributed by atoms with van der Waals surface area (Å²) in [5.74, 6) is 0.993. The lowest BCUT2D eigenvalue weighted by molar-refractivity contribution is -0.112. The summed E-state index contributed by atoms with van der Waals surface area (Å²) in [6, 6.07) is 9.37. The average Bonchev–Trinajstić information content (AvgIpc) is 2.98. The third kappa shape index (κ3) is 2.56. The number of nitrogens with one attached hydrogen (secondary N) is 1. The minimum absolute atomic E-state index is 0.211. The number of anilines is 1. The van der Waals surface area contributed by atoms with E-state index < -0.39 is 0 Å². The second-order valence-corrected chi connectivity index (χ2v) is 5.29. The fraction of sp³-hybridized carbons (Fsp3) is 0.118. The van der Waals surface area contributed by atoms with Crippen LogP contribution >= 0.6 is 0 Å². The lowest BCUT2D eigenvalue weighted by Gasteiger charge is -2.08. The number of methoxy groups -OCH3 is 1. The Morgan fingerprint density at radius 2 is 2.08 bits per heavy atom. The van der Waals surface area contributed by atoms with Crippen molar-refractivity contribution in [2.75, 3.05) is 12.4 Å². The second-order valence-electron chi connectivity index (χ2n) is 5.29. The Kier molecular flexibility index (Phi) is 3.38. The third-order valence-corrected chi connectivity index (χ3v) is 3.74. The molecule has 1 aliphatic rings. The van der Waals surface area contributed by atoms with Crippen LogP contribution in [0.1, 0.15) is 5.56 Å². The quantitative estimate of drug-likeness (QED) is 0.757. The highest BCUT2D eigenvalue weighted by Crippen LogP contribution is 2.20. The molecule has 1 aromatic carbocycles. The number of hydrogen-bond acceptors (Lipinski definition) is 6. The fourth-order valence-corrected chi connectivity index (χ4v) is 2.58. The predicted octanol–water partition coefficient (Wildman–Crippen LogP) is 0.586. The van der Waals surface area contributed by atoms with Crippen molar-refractivity contribution in [2.45, 2.75) is 6.54 Å². The Bertz CT molecular complexity index is 1080. The molecule has 0 saturated heterocycles. The van der Waals surface area contributed by atoms with Crippen LogP contribution in [0.25, 0.3) is 17.1 Å². The molecule has 0 atom stereocenters. The number of rotatable bonds is 4. The topological polar surface area (TPSA) is 89.4 Å². The molecule has 118 valence electrons. The molecule has 0 spiro atoms. The van der Waals surface area contributed by atoms with Gasteiger partial charge in [0.05, 0.1) is 17.9 Å². The van der Waals surface area contributed by atoms with Crippen molar-refractivity contribution in [1.29, 1.82) is 0 Å². The van der Waals surface area contributed by atoms with Gasteiger partial charge in [0.2, 0.25) is 5.88 Å². The van der Waals surface area contributed by atoms with Crippen LogP contribution in [0, 0.1) is 0 Å². The van der Waals surface area contributed by atoms with E-state index in [0.29, 0.717) is 29.2 Å². The van der Waals surface area contributed by atoms with Crippen LogP contribution in [-0.4, -0.2) is 28.0 Å². The Morgan fingerprint density at radius 1 is 1.17 bits per heavy atom. The monoisotopic (exact) mass is 319 g/mol. The third-order valence-electron chi connectivity index (χ3n) is 3.74. The van der Waals surface area contributed by atoms with Crippen molar-refractivity contribution in [3.63, 3.8) is 0 Å². The van der Waals surface area contributed by atoms with Gasteiger partial charge in [0.25, 0.3) is 5.91 Å². The molecule has 7 heteroatoms. The molecule has 0 bridgehead atoms. The van der Waals surface area contributed by atoms with Crippen LogP contribution in [-0.2, 0) is 11.3 Å². The van der Waals surface area contributed by atoms with Gasteiger partial charge in [-0.25, -0.2) is 15.0 Å². The lowest BCUT2D eigenvalue weighted by atomic mass is 10.2. The van der Waals surface area contributed by atoms with E-state index in [1.807, 2.05) is 24.3 Å². The van der Waals surface area contributed by atoms with Gasteiger partial charge >= 0.3 is 0 Å². The normalized spacial score (nSPS) is 12.5. The van der Waals surface area contributed by atoms with E-state index in [-0.39, 0.29) is 5.91 Å². The molecule has 24 heavy (non-hydrogen) atoms. The van der Waals surface area contributed by atoms with Crippen molar-refractivity contribution < 1.29 is 9.53 Å². The molecule has 1 amide bonds. The molecule has 1 N–H and O–H groups in total. The van der Waals surface area contributed by atoms with E-state index in [0.717, 1.165) is 16.2 Å². The molecule has 2 aromatic heterocycles. The van der Waals surface area contributed by atoms with Crippen LogP contribution in [0.4, 0.5) is 5.82 Å². The minimum Gasteiger partial charge on any atom is -0.481 e. The van der Waals surface area contributed by atoms with Crippen LogP contribution in [0.5, 0.6) is 5.88 Å². The molecule has 0 unspecified atom stereocenters.